The minimum absolute atomic E-state index is 0.0290. The molecule has 0 spiro atoms. The maximum atomic E-state index is 13.0. The lowest BCUT2D eigenvalue weighted by Gasteiger charge is -2.24. The number of halogens is 1. The van der Waals surface area contributed by atoms with Gasteiger partial charge in [0, 0.05) is 6.04 Å². The van der Waals surface area contributed by atoms with Crippen LogP contribution in [0.1, 0.15) is 41.7 Å². The molecule has 7 heteroatoms. The van der Waals surface area contributed by atoms with Crippen molar-refractivity contribution in [1.82, 2.24) is 20.3 Å². The Kier molecular flexibility index (Phi) is 3.89. The SMILES string of the molecule is CC(C)NC(=O)c1nnn2c1COC(c1ccc(F)cc1)C2. The maximum absolute atomic E-state index is 13.0. The zero-order chi connectivity index (χ0) is 15.7. The van der Waals surface area contributed by atoms with Crippen molar-refractivity contribution in [2.45, 2.75) is 39.1 Å². The molecular formula is C15H17FN4O2. The third kappa shape index (κ3) is 2.85. The summed E-state index contributed by atoms with van der Waals surface area (Å²) in [4.78, 5) is 12.1. The van der Waals surface area contributed by atoms with Crippen LogP contribution < -0.4 is 5.32 Å². The molecule has 1 N–H and O–H groups in total. The van der Waals surface area contributed by atoms with Crippen LogP contribution in [0.25, 0.3) is 0 Å². The number of ether oxygens (including phenoxy) is 1. The van der Waals surface area contributed by atoms with Crippen molar-refractivity contribution in [3.05, 3.63) is 47.0 Å². The first kappa shape index (κ1) is 14.6. The van der Waals surface area contributed by atoms with E-state index in [1.54, 1.807) is 16.8 Å². The molecule has 1 aromatic carbocycles. The lowest BCUT2D eigenvalue weighted by atomic mass is 10.1. The summed E-state index contributed by atoms with van der Waals surface area (Å²) in [7, 11) is 0. The predicted octanol–water partition coefficient (Wildman–Crippen LogP) is 1.83. The number of carbonyl (C=O) groups is 1. The van der Waals surface area contributed by atoms with Crippen molar-refractivity contribution in [2.24, 2.45) is 0 Å². The summed E-state index contributed by atoms with van der Waals surface area (Å²) in [5.41, 5.74) is 1.83. The molecule has 0 fully saturated rings. The van der Waals surface area contributed by atoms with Gasteiger partial charge in [-0.25, -0.2) is 9.07 Å². The number of hydrogen-bond acceptors (Lipinski definition) is 4. The van der Waals surface area contributed by atoms with E-state index in [0.29, 0.717) is 17.9 Å². The van der Waals surface area contributed by atoms with E-state index in [4.69, 9.17) is 4.74 Å². The van der Waals surface area contributed by atoms with Gasteiger partial charge in [0.1, 0.15) is 11.9 Å². The molecule has 3 rings (SSSR count). The van der Waals surface area contributed by atoms with Crippen LogP contribution in [-0.4, -0.2) is 26.9 Å². The van der Waals surface area contributed by atoms with Gasteiger partial charge in [-0.1, -0.05) is 17.3 Å². The Morgan fingerprint density at radius 1 is 1.41 bits per heavy atom. The number of aromatic nitrogens is 3. The second kappa shape index (κ2) is 5.84. The van der Waals surface area contributed by atoms with E-state index in [2.05, 4.69) is 15.6 Å². The lowest BCUT2D eigenvalue weighted by molar-refractivity contribution is -0.00181. The third-order valence-electron chi connectivity index (χ3n) is 3.47. The normalized spacial score (nSPS) is 17.4. The summed E-state index contributed by atoms with van der Waals surface area (Å²) in [6.45, 7) is 4.46. The molecule has 1 aromatic heterocycles. The number of hydrogen-bond donors (Lipinski definition) is 1. The molecule has 22 heavy (non-hydrogen) atoms. The van der Waals surface area contributed by atoms with E-state index >= 15 is 0 Å². The highest BCUT2D eigenvalue weighted by Gasteiger charge is 2.27. The van der Waals surface area contributed by atoms with E-state index in [0.717, 1.165) is 5.56 Å². The Bertz CT molecular complexity index is 681. The third-order valence-corrected chi connectivity index (χ3v) is 3.47. The molecule has 6 nitrogen and oxygen atoms in total. The van der Waals surface area contributed by atoms with Crippen LogP contribution in [0.2, 0.25) is 0 Å². The first-order chi connectivity index (χ1) is 10.5. The van der Waals surface area contributed by atoms with Gasteiger partial charge in [-0.2, -0.15) is 0 Å². The summed E-state index contributed by atoms with van der Waals surface area (Å²) in [6, 6.07) is 6.21. The monoisotopic (exact) mass is 304 g/mol. The zero-order valence-corrected chi connectivity index (χ0v) is 12.4. The Morgan fingerprint density at radius 3 is 2.82 bits per heavy atom. The maximum Gasteiger partial charge on any atom is 0.274 e. The molecule has 2 aromatic rings. The molecule has 0 saturated carbocycles. The first-order valence-corrected chi connectivity index (χ1v) is 7.15. The highest BCUT2D eigenvalue weighted by atomic mass is 19.1. The molecule has 2 heterocycles. The fraction of sp³-hybridized carbons (Fsp3) is 0.400. The van der Waals surface area contributed by atoms with Crippen molar-refractivity contribution in [1.29, 1.82) is 0 Å². The minimum Gasteiger partial charge on any atom is -0.365 e. The number of nitrogens with one attached hydrogen (secondary N) is 1. The molecule has 1 atom stereocenters. The molecule has 0 aliphatic carbocycles. The minimum atomic E-state index is -0.284. The second-order valence-corrected chi connectivity index (χ2v) is 5.55. The summed E-state index contributed by atoms with van der Waals surface area (Å²) < 4.78 is 20.4. The fourth-order valence-electron chi connectivity index (χ4n) is 2.40. The van der Waals surface area contributed by atoms with Crippen LogP contribution >= 0.6 is 0 Å². The zero-order valence-electron chi connectivity index (χ0n) is 12.4. The number of benzene rings is 1. The van der Waals surface area contributed by atoms with Gasteiger partial charge in [-0.05, 0) is 31.5 Å². The van der Waals surface area contributed by atoms with Crippen molar-refractivity contribution >= 4 is 5.91 Å². The van der Waals surface area contributed by atoms with Gasteiger partial charge < -0.3 is 10.1 Å². The topological polar surface area (TPSA) is 69.0 Å². The summed E-state index contributed by atoms with van der Waals surface area (Å²) in [5, 5.41) is 10.8. The largest absolute Gasteiger partial charge is 0.365 e. The first-order valence-electron chi connectivity index (χ1n) is 7.15. The van der Waals surface area contributed by atoms with Crippen LogP contribution in [0, 0.1) is 5.82 Å². The van der Waals surface area contributed by atoms with E-state index in [1.807, 2.05) is 13.8 Å². The Morgan fingerprint density at radius 2 is 2.14 bits per heavy atom. The van der Waals surface area contributed by atoms with Crippen LogP contribution in [0.5, 0.6) is 0 Å². The Balaban J connectivity index is 1.79. The molecule has 1 aliphatic rings. The molecule has 0 bridgehead atoms. The molecule has 0 saturated heterocycles. The summed E-state index contributed by atoms with van der Waals surface area (Å²) in [5.74, 6) is -0.534. The average Bonchev–Trinajstić information content (AvgIpc) is 2.90. The van der Waals surface area contributed by atoms with Crippen molar-refractivity contribution < 1.29 is 13.9 Å². The Hall–Kier alpha value is -2.28. The number of rotatable bonds is 3. The van der Waals surface area contributed by atoms with Gasteiger partial charge in [-0.15, -0.1) is 5.10 Å². The lowest BCUT2D eigenvalue weighted by Crippen LogP contribution is -2.32. The van der Waals surface area contributed by atoms with Crippen LogP contribution in [-0.2, 0) is 17.9 Å². The van der Waals surface area contributed by atoms with Gasteiger partial charge in [0.25, 0.3) is 5.91 Å². The summed E-state index contributed by atoms with van der Waals surface area (Å²) in [6.07, 6.45) is -0.226. The number of carbonyl (C=O) groups excluding carboxylic acids is 1. The van der Waals surface area contributed by atoms with E-state index in [-0.39, 0.29) is 30.5 Å². The molecule has 116 valence electrons. The van der Waals surface area contributed by atoms with E-state index in [9.17, 15) is 9.18 Å². The van der Waals surface area contributed by atoms with Gasteiger partial charge in [0.2, 0.25) is 0 Å². The standard InChI is InChI=1S/C15H17FN4O2/c1-9(2)17-15(21)14-12-8-22-13(7-20(12)19-18-14)10-3-5-11(16)6-4-10/h3-6,9,13H,7-8H2,1-2H3,(H,17,21). The second-order valence-electron chi connectivity index (χ2n) is 5.55. The van der Waals surface area contributed by atoms with Gasteiger partial charge in [0.05, 0.1) is 18.8 Å². The summed E-state index contributed by atoms with van der Waals surface area (Å²) >= 11 is 0. The number of fused-ring (bicyclic) bond motifs is 1. The highest BCUT2D eigenvalue weighted by molar-refractivity contribution is 5.93. The van der Waals surface area contributed by atoms with Gasteiger partial charge in [0.15, 0.2) is 5.69 Å². The molecule has 1 aliphatic heterocycles. The van der Waals surface area contributed by atoms with Crippen LogP contribution in [0.15, 0.2) is 24.3 Å². The van der Waals surface area contributed by atoms with Crippen LogP contribution in [0.3, 0.4) is 0 Å². The molecular weight excluding hydrogens is 287 g/mol. The van der Waals surface area contributed by atoms with Gasteiger partial charge in [-0.3, -0.25) is 4.79 Å². The quantitative estimate of drug-likeness (QED) is 0.939. The van der Waals surface area contributed by atoms with E-state index < -0.39 is 0 Å². The molecule has 0 radical (unpaired) electrons. The van der Waals surface area contributed by atoms with Crippen LogP contribution in [0.4, 0.5) is 4.39 Å². The van der Waals surface area contributed by atoms with Gasteiger partial charge >= 0.3 is 0 Å². The average molecular weight is 304 g/mol. The number of nitrogens with zero attached hydrogens (tertiary/aromatic N) is 3. The highest BCUT2D eigenvalue weighted by Crippen LogP contribution is 2.27. The number of amides is 1. The fourth-order valence-corrected chi connectivity index (χ4v) is 2.40. The molecule has 1 amide bonds. The van der Waals surface area contributed by atoms with E-state index in [1.165, 1.54) is 12.1 Å². The molecule has 1 unspecified atom stereocenters. The van der Waals surface area contributed by atoms with Crippen molar-refractivity contribution in [2.75, 3.05) is 0 Å². The predicted molar refractivity (Wildman–Crippen MR) is 76.6 cm³/mol. The van der Waals surface area contributed by atoms with Crippen molar-refractivity contribution in [3.63, 3.8) is 0 Å². The Labute approximate surface area is 127 Å². The smallest absolute Gasteiger partial charge is 0.274 e. The van der Waals surface area contributed by atoms with Crippen molar-refractivity contribution in [3.8, 4) is 0 Å².